The third-order valence-corrected chi connectivity index (χ3v) is 4.01. The predicted octanol–water partition coefficient (Wildman–Crippen LogP) is 3.76. The van der Waals surface area contributed by atoms with Gasteiger partial charge in [0.05, 0.1) is 18.2 Å². The van der Waals surface area contributed by atoms with Crippen LogP contribution in [-0.2, 0) is 0 Å². The molecular weight excluding hydrogens is 244 g/mol. The minimum atomic E-state index is 0.0282. The summed E-state index contributed by atoms with van der Waals surface area (Å²) >= 11 is 0. The van der Waals surface area contributed by atoms with Gasteiger partial charge in [-0.1, -0.05) is 60.7 Å². The summed E-state index contributed by atoms with van der Waals surface area (Å²) < 4.78 is 0. The van der Waals surface area contributed by atoms with Crippen molar-refractivity contribution in [3.8, 4) is 6.07 Å². The van der Waals surface area contributed by atoms with Gasteiger partial charge in [-0.2, -0.15) is 5.26 Å². The van der Waals surface area contributed by atoms with Gasteiger partial charge in [-0.15, -0.1) is 0 Å². The Hall–Kier alpha value is -2.11. The molecule has 2 heteroatoms. The quantitative estimate of drug-likeness (QED) is 0.842. The van der Waals surface area contributed by atoms with Crippen LogP contribution in [0.3, 0.4) is 0 Å². The highest BCUT2D eigenvalue weighted by atomic mass is 15.2. The molecule has 20 heavy (non-hydrogen) atoms. The first-order valence-corrected chi connectivity index (χ1v) is 7.15. The Balaban J connectivity index is 2.03. The van der Waals surface area contributed by atoms with Crippen molar-refractivity contribution in [2.45, 2.75) is 24.9 Å². The molecule has 0 radical (unpaired) electrons. The van der Waals surface area contributed by atoms with Crippen LogP contribution in [0.5, 0.6) is 0 Å². The van der Waals surface area contributed by atoms with Crippen LogP contribution in [0, 0.1) is 11.3 Å². The molecule has 1 fully saturated rings. The Kier molecular flexibility index (Phi) is 3.80. The molecule has 0 aliphatic carbocycles. The lowest BCUT2D eigenvalue weighted by molar-refractivity contribution is 0.242. The number of nitrogens with zero attached hydrogens (tertiary/aromatic N) is 2. The summed E-state index contributed by atoms with van der Waals surface area (Å²) in [4.78, 5) is 2.34. The van der Waals surface area contributed by atoms with E-state index in [0.717, 1.165) is 19.4 Å². The molecule has 1 unspecified atom stereocenters. The van der Waals surface area contributed by atoms with E-state index in [9.17, 15) is 5.26 Å². The topological polar surface area (TPSA) is 27.0 Å². The molecular formula is C18H18N2. The van der Waals surface area contributed by atoms with Crippen molar-refractivity contribution in [3.63, 3.8) is 0 Å². The van der Waals surface area contributed by atoms with Crippen LogP contribution in [0.15, 0.2) is 60.7 Å². The summed E-state index contributed by atoms with van der Waals surface area (Å²) in [6.45, 7) is 0.993. The van der Waals surface area contributed by atoms with Crippen LogP contribution in [-0.4, -0.2) is 17.5 Å². The molecule has 1 aliphatic heterocycles. The zero-order chi connectivity index (χ0) is 13.8. The molecule has 1 saturated heterocycles. The van der Waals surface area contributed by atoms with Gasteiger partial charge in [-0.25, -0.2) is 0 Å². The van der Waals surface area contributed by atoms with Gasteiger partial charge in [0, 0.05) is 6.54 Å². The maximum absolute atomic E-state index is 9.39. The number of rotatable bonds is 3. The van der Waals surface area contributed by atoms with Gasteiger partial charge in [0.2, 0.25) is 0 Å². The van der Waals surface area contributed by atoms with E-state index in [2.05, 4.69) is 59.5 Å². The summed E-state index contributed by atoms with van der Waals surface area (Å²) in [6, 6.07) is 23.7. The predicted molar refractivity (Wildman–Crippen MR) is 80.1 cm³/mol. The molecule has 0 spiro atoms. The first kappa shape index (κ1) is 12.9. The fourth-order valence-corrected chi connectivity index (χ4v) is 3.08. The zero-order valence-corrected chi connectivity index (χ0v) is 11.4. The lowest BCUT2D eigenvalue weighted by atomic mass is 9.96. The summed E-state index contributed by atoms with van der Waals surface area (Å²) in [7, 11) is 0. The molecule has 100 valence electrons. The van der Waals surface area contributed by atoms with E-state index < -0.39 is 0 Å². The number of benzene rings is 2. The fraction of sp³-hybridized carbons (Fsp3) is 0.278. The molecule has 0 aromatic heterocycles. The minimum Gasteiger partial charge on any atom is -0.277 e. The monoisotopic (exact) mass is 262 g/mol. The molecule has 2 aromatic rings. The average Bonchev–Trinajstić information content (AvgIpc) is 2.98. The van der Waals surface area contributed by atoms with Crippen LogP contribution in [0.2, 0.25) is 0 Å². The third-order valence-electron chi connectivity index (χ3n) is 4.01. The van der Waals surface area contributed by atoms with Gasteiger partial charge in [-0.05, 0) is 24.0 Å². The molecule has 0 N–H and O–H groups in total. The number of hydrogen-bond acceptors (Lipinski definition) is 2. The summed E-state index contributed by atoms with van der Waals surface area (Å²) in [5.41, 5.74) is 2.53. The van der Waals surface area contributed by atoms with E-state index in [1.807, 2.05) is 12.1 Å². The van der Waals surface area contributed by atoms with Crippen LogP contribution in [0.1, 0.15) is 30.0 Å². The minimum absolute atomic E-state index is 0.0282. The lowest BCUT2D eigenvalue weighted by Crippen LogP contribution is -2.33. The van der Waals surface area contributed by atoms with Crippen molar-refractivity contribution in [1.29, 1.82) is 5.26 Å². The highest BCUT2D eigenvalue weighted by Gasteiger charge is 2.32. The Bertz CT molecular complexity index is 546. The van der Waals surface area contributed by atoms with Crippen molar-refractivity contribution >= 4 is 0 Å². The highest BCUT2D eigenvalue weighted by Crippen LogP contribution is 2.34. The van der Waals surface area contributed by atoms with E-state index >= 15 is 0 Å². The summed E-state index contributed by atoms with van der Waals surface area (Å²) in [6.07, 6.45) is 2.08. The second-order valence-electron chi connectivity index (χ2n) is 5.25. The Labute approximate surface area is 120 Å². The molecule has 2 aromatic carbocycles. The van der Waals surface area contributed by atoms with Gasteiger partial charge < -0.3 is 0 Å². The number of likely N-dealkylation sites (tertiary alicyclic amines) is 1. The van der Waals surface area contributed by atoms with Gasteiger partial charge in [0.15, 0.2) is 0 Å². The van der Waals surface area contributed by atoms with Gasteiger partial charge in [-0.3, -0.25) is 4.90 Å². The van der Waals surface area contributed by atoms with Crippen molar-refractivity contribution in [2.75, 3.05) is 6.54 Å². The van der Waals surface area contributed by atoms with Crippen LogP contribution < -0.4 is 0 Å². The smallest absolute Gasteiger partial charge is 0.0986 e. The maximum atomic E-state index is 9.39. The largest absolute Gasteiger partial charge is 0.277 e. The molecule has 0 bridgehead atoms. The van der Waals surface area contributed by atoms with Gasteiger partial charge in [0.25, 0.3) is 0 Å². The molecule has 1 heterocycles. The molecule has 0 saturated carbocycles. The van der Waals surface area contributed by atoms with Crippen LogP contribution >= 0.6 is 0 Å². The summed E-state index contributed by atoms with van der Waals surface area (Å²) in [5, 5.41) is 9.39. The normalized spacial score (nSPS) is 19.1. The fourth-order valence-electron chi connectivity index (χ4n) is 3.08. The molecule has 0 amide bonds. The Morgan fingerprint density at radius 2 is 1.50 bits per heavy atom. The highest BCUT2D eigenvalue weighted by molar-refractivity contribution is 5.32. The second-order valence-corrected chi connectivity index (χ2v) is 5.25. The average molecular weight is 262 g/mol. The van der Waals surface area contributed by atoms with E-state index in [1.165, 1.54) is 11.1 Å². The molecule has 1 atom stereocenters. The maximum Gasteiger partial charge on any atom is 0.0986 e. The second kappa shape index (κ2) is 5.90. The number of nitriles is 1. The Morgan fingerprint density at radius 1 is 0.950 bits per heavy atom. The van der Waals surface area contributed by atoms with Crippen LogP contribution in [0.4, 0.5) is 0 Å². The van der Waals surface area contributed by atoms with Crippen LogP contribution in [0.25, 0.3) is 0 Å². The van der Waals surface area contributed by atoms with Crippen molar-refractivity contribution in [2.24, 2.45) is 0 Å². The molecule has 3 rings (SSSR count). The summed E-state index contributed by atoms with van der Waals surface area (Å²) in [5.74, 6) is 0. The third kappa shape index (κ3) is 2.45. The van der Waals surface area contributed by atoms with E-state index in [1.54, 1.807) is 0 Å². The number of hydrogen-bond donors (Lipinski definition) is 0. The lowest BCUT2D eigenvalue weighted by Gasteiger charge is -2.31. The van der Waals surface area contributed by atoms with Crippen molar-refractivity contribution < 1.29 is 0 Å². The molecule has 1 aliphatic rings. The first-order chi connectivity index (χ1) is 9.90. The standard InChI is InChI=1S/C18H18N2/c19-14-17-12-7-13-20(17)18(15-8-3-1-4-9-15)16-10-5-2-6-11-16/h1-6,8-11,17-18H,7,12-13H2. The first-order valence-electron chi connectivity index (χ1n) is 7.15. The van der Waals surface area contributed by atoms with E-state index in [-0.39, 0.29) is 12.1 Å². The van der Waals surface area contributed by atoms with Crippen molar-refractivity contribution in [3.05, 3.63) is 71.8 Å². The van der Waals surface area contributed by atoms with Gasteiger partial charge in [0.1, 0.15) is 0 Å². The van der Waals surface area contributed by atoms with Gasteiger partial charge >= 0.3 is 0 Å². The zero-order valence-electron chi connectivity index (χ0n) is 11.4. The van der Waals surface area contributed by atoms with Crippen molar-refractivity contribution in [1.82, 2.24) is 4.90 Å². The SMILES string of the molecule is N#CC1CCCN1C(c1ccccc1)c1ccccc1. The van der Waals surface area contributed by atoms with E-state index in [4.69, 9.17) is 0 Å². The van der Waals surface area contributed by atoms with E-state index in [0.29, 0.717) is 0 Å². The Morgan fingerprint density at radius 3 is 2.00 bits per heavy atom. The molecule has 2 nitrogen and oxygen atoms in total.